The third-order valence-electron chi connectivity index (χ3n) is 3.48. The molecule has 0 aromatic heterocycles. The predicted molar refractivity (Wildman–Crippen MR) is 84.0 cm³/mol. The van der Waals surface area contributed by atoms with E-state index in [9.17, 15) is 0 Å². The van der Waals surface area contributed by atoms with E-state index in [-0.39, 0.29) is 6.04 Å². The number of ether oxygens (including phenoxy) is 1. The second kappa shape index (κ2) is 7.11. The van der Waals surface area contributed by atoms with Crippen molar-refractivity contribution < 1.29 is 4.74 Å². The van der Waals surface area contributed by atoms with E-state index in [1.807, 2.05) is 25.1 Å². The topological polar surface area (TPSA) is 35.2 Å². The fourth-order valence-electron chi connectivity index (χ4n) is 2.31. The van der Waals surface area contributed by atoms with E-state index in [2.05, 4.69) is 37.3 Å². The smallest absolute Gasteiger partial charge is 0.124 e. The van der Waals surface area contributed by atoms with Crippen LogP contribution in [0, 0.1) is 6.92 Å². The number of rotatable bonds is 6. The van der Waals surface area contributed by atoms with Crippen molar-refractivity contribution in [1.82, 2.24) is 0 Å². The van der Waals surface area contributed by atoms with Gasteiger partial charge in [0, 0.05) is 11.6 Å². The summed E-state index contributed by atoms with van der Waals surface area (Å²) in [5.41, 5.74) is 10.0. The molecule has 0 aliphatic carbocycles. The van der Waals surface area contributed by atoms with Gasteiger partial charge in [-0.05, 0) is 38.3 Å². The third-order valence-corrected chi connectivity index (χ3v) is 3.48. The van der Waals surface area contributed by atoms with Crippen LogP contribution in [0.5, 0.6) is 5.75 Å². The Morgan fingerprint density at radius 3 is 2.45 bits per heavy atom. The van der Waals surface area contributed by atoms with Gasteiger partial charge in [-0.15, -0.1) is 0 Å². The lowest BCUT2D eigenvalue weighted by Crippen LogP contribution is -2.13. The highest BCUT2D eigenvalue weighted by Crippen LogP contribution is 2.26. The van der Waals surface area contributed by atoms with Crippen molar-refractivity contribution >= 4 is 0 Å². The van der Waals surface area contributed by atoms with E-state index < -0.39 is 0 Å². The molecule has 0 radical (unpaired) electrons. The second-order valence-corrected chi connectivity index (χ2v) is 5.10. The molecule has 2 nitrogen and oxygen atoms in total. The van der Waals surface area contributed by atoms with Crippen LogP contribution in [0.2, 0.25) is 0 Å². The van der Waals surface area contributed by atoms with Gasteiger partial charge in [-0.2, -0.15) is 0 Å². The summed E-state index contributed by atoms with van der Waals surface area (Å²) in [4.78, 5) is 0. The van der Waals surface area contributed by atoms with Crippen LogP contribution in [0.25, 0.3) is 0 Å². The zero-order valence-electron chi connectivity index (χ0n) is 12.3. The number of benzene rings is 2. The minimum Gasteiger partial charge on any atom is -0.494 e. The van der Waals surface area contributed by atoms with Gasteiger partial charge in [0.15, 0.2) is 0 Å². The average Bonchev–Trinajstić information content (AvgIpc) is 2.47. The SMILES string of the molecule is CCOc1ccccc1C(N)CCc1ccc(C)cc1. The molecular formula is C18H23NO. The molecule has 0 spiro atoms. The van der Waals surface area contributed by atoms with Crippen LogP contribution < -0.4 is 10.5 Å². The first-order valence-electron chi connectivity index (χ1n) is 7.23. The number of para-hydroxylation sites is 1. The molecule has 0 aliphatic heterocycles. The first kappa shape index (κ1) is 14.6. The number of nitrogens with two attached hydrogens (primary N) is 1. The molecule has 0 heterocycles. The van der Waals surface area contributed by atoms with Gasteiger partial charge in [0.25, 0.3) is 0 Å². The standard InChI is InChI=1S/C18H23NO/c1-3-20-18-7-5-4-6-16(18)17(19)13-12-15-10-8-14(2)9-11-15/h4-11,17H,3,12-13,19H2,1-2H3. The van der Waals surface area contributed by atoms with E-state index in [4.69, 9.17) is 10.5 Å². The summed E-state index contributed by atoms with van der Waals surface area (Å²) in [6, 6.07) is 16.7. The van der Waals surface area contributed by atoms with Crippen molar-refractivity contribution in [3.8, 4) is 5.75 Å². The van der Waals surface area contributed by atoms with Crippen LogP contribution in [-0.2, 0) is 6.42 Å². The molecule has 106 valence electrons. The maximum Gasteiger partial charge on any atom is 0.124 e. The van der Waals surface area contributed by atoms with E-state index in [0.29, 0.717) is 6.61 Å². The zero-order valence-corrected chi connectivity index (χ0v) is 12.3. The quantitative estimate of drug-likeness (QED) is 0.859. The van der Waals surface area contributed by atoms with E-state index in [1.165, 1.54) is 11.1 Å². The Morgan fingerprint density at radius 1 is 1.05 bits per heavy atom. The minimum atomic E-state index is 0.0130. The lowest BCUT2D eigenvalue weighted by atomic mass is 9.98. The van der Waals surface area contributed by atoms with Gasteiger partial charge in [-0.1, -0.05) is 48.0 Å². The van der Waals surface area contributed by atoms with Crippen molar-refractivity contribution in [2.75, 3.05) is 6.61 Å². The summed E-state index contributed by atoms with van der Waals surface area (Å²) in [5.74, 6) is 0.909. The highest BCUT2D eigenvalue weighted by atomic mass is 16.5. The Hall–Kier alpha value is -1.80. The van der Waals surface area contributed by atoms with Gasteiger partial charge in [0.05, 0.1) is 6.61 Å². The Balaban J connectivity index is 2.01. The summed E-state index contributed by atoms with van der Waals surface area (Å²) in [6.07, 6.45) is 1.91. The minimum absolute atomic E-state index is 0.0130. The van der Waals surface area contributed by atoms with Crippen LogP contribution >= 0.6 is 0 Å². The van der Waals surface area contributed by atoms with Gasteiger partial charge in [0.2, 0.25) is 0 Å². The summed E-state index contributed by atoms with van der Waals surface area (Å²) in [6.45, 7) is 4.77. The van der Waals surface area contributed by atoms with E-state index in [1.54, 1.807) is 0 Å². The molecule has 0 fully saturated rings. The molecule has 2 N–H and O–H groups in total. The van der Waals surface area contributed by atoms with Crippen molar-refractivity contribution in [3.63, 3.8) is 0 Å². The fraction of sp³-hybridized carbons (Fsp3) is 0.333. The Morgan fingerprint density at radius 2 is 1.75 bits per heavy atom. The molecular weight excluding hydrogens is 246 g/mol. The lowest BCUT2D eigenvalue weighted by Gasteiger charge is -2.16. The molecule has 0 bridgehead atoms. The fourth-order valence-corrected chi connectivity index (χ4v) is 2.31. The van der Waals surface area contributed by atoms with Crippen LogP contribution in [0.3, 0.4) is 0 Å². The van der Waals surface area contributed by atoms with Crippen molar-refractivity contribution in [1.29, 1.82) is 0 Å². The van der Waals surface area contributed by atoms with Gasteiger partial charge in [-0.25, -0.2) is 0 Å². The summed E-state index contributed by atoms with van der Waals surface area (Å²) < 4.78 is 5.65. The Kier molecular flexibility index (Phi) is 5.19. The summed E-state index contributed by atoms with van der Waals surface area (Å²) >= 11 is 0. The maximum absolute atomic E-state index is 6.32. The Bertz CT molecular complexity index is 533. The molecule has 2 heteroatoms. The molecule has 0 amide bonds. The molecule has 0 saturated carbocycles. The van der Waals surface area contributed by atoms with Gasteiger partial charge in [0.1, 0.15) is 5.75 Å². The highest BCUT2D eigenvalue weighted by molar-refractivity contribution is 5.36. The lowest BCUT2D eigenvalue weighted by molar-refractivity contribution is 0.333. The van der Waals surface area contributed by atoms with E-state index >= 15 is 0 Å². The van der Waals surface area contributed by atoms with Crippen molar-refractivity contribution in [2.24, 2.45) is 5.73 Å². The molecule has 2 aromatic carbocycles. The van der Waals surface area contributed by atoms with Gasteiger partial charge in [-0.3, -0.25) is 0 Å². The zero-order chi connectivity index (χ0) is 14.4. The van der Waals surface area contributed by atoms with Gasteiger partial charge < -0.3 is 10.5 Å². The maximum atomic E-state index is 6.32. The monoisotopic (exact) mass is 269 g/mol. The van der Waals surface area contributed by atoms with Crippen LogP contribution in [0.4, 0.5) is 0 Å². The average molecular weight is 269 g/mol. The number of hydrogen-bond acceptors (Lipinski definition) is 2. The summed E-state index contributed by atoms with van der Waals surface area (Å²) in [5, 5.41) is 0. The molecule has 0 saturated heterocycles. The number of hydrogen-bond donors (Lipinski definition) is 1. The normalized spacial score (nSPS) is 12.2. The van der Waals surface area contributed by atoms with Crippen LogP contribution in [0.15, 0.2) is 48.5 Å². The third kappa shape index (κ3) is 3.84. The summed E-state index contributed by atoms with van der Waals surface area (Å²) in [7, 11) is 0. The Labute approximate surface area is 121 Å². The largest absolute Gasteiger partial charge is 0.494 e. The molecule has 20 heavy (non-hydrogen) atoms. The first-order valence-corrected chi connectivity index (χ1v) is 7.23. The highest BCUT2D eigenvalue weighted by Gasteiger charge is 2.11. The molecule has 1 atom stereocenters. The first-order chi connectivity index (χ1) is 9.70. The second-order valence-electron chi connectivity index (χ2n) is 5.10. The van der Waals surface area contributed by atoms with Crippen molar-refractivity contribution in [2.45, 2.75) is 32.7 Å². The molecule has 2 aromatic rings. The molecule has 2 rings (SSSR count). The van der Waals surface area contributed by atoms with Crippen molar-refractivity contribution in [3.05, 3.63) is 65.2 Å². The number of aryl methyl sites for hydroxylation is 2. The van der Waals surface area contributed by atoms with Crippen LogP contribution in [-0.4, -0.2) is 6.61 Å². The molecule has 0 aliphatic rings. The van der Waals surface area contributed by atoms with Crippen LogP contribution in [0.1, 0.15) is 36.1 Å². The van der Waals surface area contributed by atoms with Gasteiger partial charge >= 0.3 is 0 Å². The van der Waals surface area contributed by atoms with E-state index in [0.717, 1.165) is 24.2 Å². The molecule has 1 unspecified atom stereocenters. The predicted octanol–water partition coefficient (Wildman–Crippen LogP) is 4.03.